The smallest absolute Gasteiger partial charge is 0.414 e. The highest BCUT2D eigenvalue weighted by molar-refractivity contribution is 6.27. The van der Waals surface area contributed by atoms with E-state index in [0.29, 0.717) is 13.2 Å². The van der Waals surface area contributed by atoms with Crippen LogP contribution in [0.2, 0.25) is 0 Å². The van der Waals surface area contributed by atoms with Gasteiger partial charge in [-0.25, -0.2) is 14.4 Å². The summed E-state index contributed by atoms with van der Waals surface area (Å²) in [5.41, 5.74) is -0.439. The van der Waals surface area contributed by atoms with Crippen molar-refractivity contribution in [2.24, 2.45) is 0 Å². The SMILES string of the molecule is CC(C)(C)OC(=O)N1C2CCNCC1COC2.O=C(O)C(=O)O. The molecule has 0 saturated carbocycles. The maximum absolute atomic E-state index is 12.2. The van der Waals surface area contributed by atoms with E-state index >= 15 is 0 Å². The number of carboxylic acid groups (broad SMARTS) is 2. The number of nitrogens with zero attached hydrogens (tertiary/aromatic N) is 1. The molecule has 3 N–H and O–H groups in total. The van der Waals surface area contributed by atoms with Crippen LogP contribution in [0.25, 0.3) is 0 Å². The molecule has 2 aliphatic heterocycles. The van der Waals surface area contributed by atoms with E-state index in [-0.39, 0.29) is 18.2 Å². The Kier molecular flexibility index (Phi) is 6.77. The van der Waals surface area contributed by atoms with E-state index < -0.39 is 17.5 Å². The van der Waals surface area contributed by atoms with E-state index in [9.17, 15) is 4.79 Å². The minimum atomic E-state index is -1.82. The van der Waals surface area contributed by atoms with E-state index in [1.807, 2.05) is 25.7 Å². The van der Waals surface area contributed by atoms with Gasteiger partial charge in [0.2, 0.25) is 0 Å². The number of carboxylic acids is 2. The summed E-state index contributed by atoms with van der Waals surface area (Å²) >= 11 is 0. The average Bonchev–Trinajstić information content (AvgIpc) is 2.53. The van der Waals surface area contributed by atoms with Crippen molar-refractivity contribution >= 4 is 18.0 Å². The third-order valence-electron chi connectivity index (χ3n) is 3.23. The lowest BCUT2D eigenvalue weighted by Gasteiger charge is -2.40. The molecule has 9 nitrogen and oxygen atoms in total. The van der Waals surface area contributed by atoms with Gasteiger partial charge in [-0.2, -0.15) is 0 Å². The summed E-state index contributed by atoms with van der Waals surface area (Å²) in [4.78, 5) is 32.3. The standard InChI is InChI=1S/C12H22N2O3.C2H2O4/c1-12(2,3)17-11(15)14-9-4-5-13-6-10(14)8-16-7-9;3-1(4)2(5)6/h9-10,13H,4-8H2,1-3H3;(H,3,4)(H,5,6). The highest BCUT2D eigenvalue weighted by Crippen LogP contribution is 2.21. The Hall–Kier alpha value is -1.87. The lowest BCUT2D eigenvalue weighted by Crippen LogP contribution is -2.56. The topological polar surface area (TPSA) is 125 Å². The quantitative estimate of drug-likeness (QED) is 0.535. The molecule has 2 bridgehead atoms. The van der Waals surface area contributed by atoms with Crippen molar-refractivity contribution < 1.29 is 34.1 Å². The average molecular weight is 332 g/mol. The maximum Gasteiger partial charge on any atom is 0.414 e. The fraction of sp³-hybridized carbons (Fsp3) is 0.786. The van der Waals surface area contributed by atoms with Crippen molar-refractivity contribution in [3.05, 3.63) is 0 Å². The van der Waals surface area contributed by atoms with Crippen LogP contribution in [0.5, 0.6) is 0 Å². The number of nitrogens with one attached hydrogen (secondary N) is 1. The largest absolute Gasteiger partial charge is 0.473 e. The Balaban J connectivity index is 0.000000379. The summed E-state index contributed by atoms with van der Waals surface area (Å²) in [6, 6.07) is 0.254. The second kappa shape index (κ2) is 8.11. The maximum atomic E-state index is 12.2. The van der Waals surface area contributed by atoms with Crippen molar-refractivity contribution in [3.8, 4) is 0 Å². The Morgan fingerprint density at radius 1 is 1.13 bits per heavy atom. The van der Waals surface area contributed by atoms with Gasteiger partial charge in [0.05, 0.1) is 25.3 Å². The molecule has 0 radical (unpaired) electrons. The molecule has 2 heterocycles. The summed E-state index contributed by atoms with van der Waals surface area (Å²) in [5, 5.41) is 18.1. The van der Waals surface area contributed by atoms with Crippen LogP contribution in [0.3, 0.4) is 0 Å². The molecule has 1 amide bonds. The molecule has 2 fully saturated rings. The van der Waals surface area contributed by atoms with Gasteiger partial charge in [0.25, 0.3) is 0 Å². The normalized spacial score (nSPS) is 23.9. The number of hydrogen-bond acceptors (Lipinski definition) is 6. The highest BCUT2D eigenvalue weighted by atomic mass is 16.6. The minimum absolute atomic E-state index is 0.103. The van der Waals surface area contributed by atoms with Crippen LogP contribution in [0.15, 0.2) is 0 Å². The summed E-state index contributed by atoms with van der Waals surface area (Å²) < 4.78 is 11.0. The number of aliphatic carboxylic acids is 2. The number of carbonyl (C=O) groups is 3. The number of rotatable bonds is 0. The van der Waals surface area contributed by atoms with E-state index in [0.717, 1.165) is 19.5 Å². The molecular weight excluding hydrogens is 308 g/mol. The zero-order valence-corrected chi connectivity index (χ0v) is 13.6. The first-order valence-corrected chi connectivity index (χ1v) is 7.38. The first-order chi connectivity index (χ1) is 10.6. The predicted octanol–water partition coefficient (Wildman–Crippen LogP) is 0.140. The van der Waals surface area contributed by atoms with Gasteiger partial charge in [0.15, 0.2) is 0 Å². The number of ether oxygens (including phenoxy) is 2. The van der Waals surface area contributed by atoms with Gasteiger partial charge >= 0.3 is 18.0 Å². The molecule has 2 atom stereocenters. The molecule has 2 aliphatic rings. The van der Waals surface area contributed by atoms with Crippen molar-refractivity contribution in [1.29, 1.82) is 0 Å². The number of hydrogen-bond donors (Lipinski definition) is 3. The fourth-order valence-electron chi connectivity index (χ4n) is 2.33. The molecular formula is C14H24N2O7. The van der Waals surface area contributed by atoms with Crippen molar-refractivity contribution in [2.75, 3.05) is 26.3 Å². The van der Waals surface area contributed by atoms with Crippen LogP contribution in [-0.4, -0.2) is 77.1 Å². The monoisotopic (exact) mass is 332 g/mol. The summed E-state index contributed by atoms with van der Waals surface area (Å²) in [6.07, 6.45) is 0.718. The van der Waals surface area contributed by atoms with Gasteiger partial charge in [-0.1, -0.05) is 0 Å². The Labute approximate surface area is 134 Å². The van der Waals surface area contributed by atoms with Gasteiger partial charge in [0.1, 0.15) is 5.60 Å². The van der Waals surface area contributed by atoms with Gasteiger partial charge in [-0.15, -0.1) is 0 Å². The van der Waals surface area contributed by atoms with Gasteiger partial charge in [0, 0.05) is 6.54 Å². The Morgan fingerprint density at radius 2 is 1.70 bits per heavy atom. The molecule has 0 aromatic carbocycles. The van der Waals surface area contributed by atoms with Gasteiger partial charge < -0.3 is 25.0 Å². The molecule has 0 aliphatic carbocycles. The highest BCUT2D eigenvalue weighted by Gasteiger charge is 2.38. The molecule has 2 saturated heterocycles. The molecule has 9 heteroatoms. The van der Waals surface area contributed by atoms with Crippen LogP contribution in [0.1, 0.15) is 27.2 Å². The Bertz CT molecular complexity index is 421. The van der Waals surface area contributed by atoms with Crippen molar-refractivity contribution in [1.82, 2.24) is 10.2 Å². The summed E-state index contributed by atoms with van der Waals surface area (Å²) in [6.45, 7) is 8.63. The molecule has 0 aromatic rings. The second-order valence-electron chi connectivity index (χ2n) is 6.34. The van der Waals surface area contributed by atoms with Gasteiger partial charge in [-0.3, -0.25) is 4.90 Å². The second-order valence-corrected chi connectivity index (χ2v) is 6.34. The molecule has 0 spiro atoms. The first-order valence-electron chi connectivity index (χ1n) is 7.38. The molecule has 132 valence electrons. The van der Waals surface area contributed by atoms with Crippen LogP contribution in [0, 0.1) is 0 Å². The number of carbonyl (C=O) groups excluding carboxylic acids is 1. The lowest BCUT2D eigenvalue weighted by molar-refractivity contribution is -0.159. The van der Waals surface area contributed by atoms with E-state index in [4.69, 9.17) is 29.3 Å². The Morgan fingerprint density at radius 3 is 2.22 bits per heavy atom. The van der Waals surface area contributed by atoms with Crippen LogP contribution < -0.4 is 5.32 Å². The molecule has 2 rings (SSSR count). The van der Waals surface area contributed by atoms with Gasteiger partial charge in [-0.05, 0) is 33.7 Å². The molecule has 23 heavy (non-hydrogen) atoms. The summed E-state index contributed by atoms with van der Waals surface area (Å²) in [7, 11) is 0. The number of amides is 1. The van der Waals surface area contributed by atoms with Crippen LogP contribution >= 0.6 is 0 Å². The summed E-state index contributed by atoms with van der Waals surface area (Å²) in [5.74, 6) is -3.65. The van der Waals surface area contributed by atoms with Crippen molar-refractivity contribution in [3.63, 3.8) is 0 Å². The van der Waals surface area contributed by atoms with E-state index in [1.165, 1.54) is 0 Å². The molecule has 0 aromatic heterocycles. The zero-order valence-electron chi connectivity index (χ0n) is 13.6. The number of fused-ring (bicyclic) bond motifs is 2. The van der Waals surface area contributed by atoms with E-state index in [2.05, 4.69) is 5.32 Å². The number of morpholine rings is 1. The van der Waals surface area contributed by atoms with E-state index in [1.54, 1.807) is 0 Å². The zero-order chi connectivity index (χ0) is 17.6. The fourth-order valence-corrected chi connectivity index (χ4v) is 2.33. The van der Waals surface area contributed by atoms with Crippen LogP contribution in [-0.2, 0) is 19.1 Å². The third-order valence-corrected chi connectivity index (χ3v) is 3.23. The lowest BCUT2D eigenvalue weighted by atomic mass is 10.1. The predicted molar refractivity (Wildman–Crippen MR) is 79.2 cm³/mol. The molecule has 2 unspecified atom stereocenters. The minimum Gasteiger partial charge on any atom is -0.473 e. The van der Waals surface area contributed by atoms with Crippen molar-refractivity contribution in [2.45, 2.75) is 44.9 Å². The van der Waals surface area contributed by atoms with Crippen LogP contribution in [0.4, 0.5) is 4.79 Å². The third kappa shape index (κ3) is 6.41. The first kappa shape index (κ1) is 19.2.